The number of aliphatic hydroxyl groups is 1. The summed E-state index contributed by atoms with van der Waals surface area (Å²) < 4.78 is 11.4. The molecule has 1 aliphatic heterocycles. The second kappa shape index (κ2) is 7.38. The lowest BCUT2D eigenvalue weighted by Crippen LogP contribution is -2.45. The number of benzene rings is 1. The Balaban J connectivity index is 2.01. The molecule has 0 fully saturated rings. The second-order valence-corrected chi connectivity index (χ2v) is 7.27. The molecular formula is C16H25NO3S. The van der Waals surface area contributed by atoms with E-state index in [0.717, 1.165) is 24.3 Å². The fourth-order valence-corrected chi connectivity index (χ4v) is 3.61. The normalized spacial score (nSPS) is 18.7. The van der Waals surface area contributed by atoms with E-state index in [2.05, 4.69) is 24.4 Å². The average Bonchev–Trinajstić information content (AvgIpc) is 2.71. The summed E-state index contributed by atoms with van der Waals surface area (Å²) in [6, 6.07) is 6.11. The van der Waals surface area contributed by atoms with Crippen molar-refractivity contribution in [2.45, 2.75) is 42.4 Å². The summed E-state index contributed by atoms with van der Waals surface area (Å²) in [6.07, 6.45) is 1.81. The molecule has 2 N–H and O–H groups in total. The van der Waals surface area contributed by atoms with Crippen LogP contribution in [0.2, 0.25) is 0 Å². The van der Waals surface area contributed by atoms with Crippen LogP contribution in [0.25, 0.3) is 0 Å². The number of hydrogen-bond donors (Lipinski definition) is 2. The minimum atomic E-state index is -0.238. The largest absolute Gasteiger partial charge is 0.490 e. The molecule has 0 spiro atoms. The predicted molar refractivity (Wildman–Crippen MR) is 86.5 cm³/mol. The Morgan fingerprint density at radius 3 is 2.71 bits per heavy atom. The van der Waals surface area contributed by atoms with Crippen molar-refractivity contribution in [1.82, 2.24) is 5.32 Å². The van der Waals surface area contributed by atoms with Crippen LogP contribution in [0.3, 0.4) is 0 Å². The van der Waals surface area contributed by atoms with Crippen LogP contribution in [0.4, 0.5) is 0 Å². The van der Waals surface area contributed by atoms with Crippen molar-refractivity contribution in [1.29, 1.82) is 0 Å². The minimum Gasteiger partial charge on any atom is -0.490 e. The van der Waals surface area contributed by atoms with Gasteiger partial charge in [0.05, 0.1) is 19.8 Å². The zero-order valence-corrected chi connectivity index (χ0v) is 13.8. The van der Waals surface area contributed by atoms with Crippen molar-refractivity contribution < 1.29 is 14.6 Å². The molecular weight excluding hydrogens is 286 g/mol. The highest BCUT2D eigenvalue weighted by atomic mass is 32.2. The molecule has 118 valence electrons. The molecule has 1 aromatic rings. The van der Waals surface area contributed by atoms with Crippen molar-refractivity contribution in [3.63, 3.8) is 0 Å². The van der Waals surface area contributed by atoms with E-state index in [1.54, 1.807) is 11.8 Å². The third-order valence-corrected chi connectivity index (χ3v) is 4.84. The first-order chi connectivity index (χ1) is 10.1. The summed E-state index contributed by atoms with van der Waals surface area (Å²) in [7, 11) is 1.89. The van der Waals surface area contributed by atoms with Crippen LogP contribution in [0.5, 0.6) is 11.5 Å². The lowest BCUT2D eigenvalue weighted by molar-refractivity contribution is 0.174. The maximum atomic E-state index is 9.48. The SMILES string of the molecule is CNC(C)(CO)CC(C)Sc1ccc2c(c1)OCCCO2. The molecule has 21 heavy (non-hydrogen) atoms. The quantitative estimate of drug-likeness (QED) is 0.791. The maximum absolute atomic E-state index is 9.48. The Bertz CT molecular complexity index is 463. The molecule has 1 aliphatic rings. The van der Waals surface area contributed by atoms with Gasteiger partial charge in [-0.15, -0.1) is 11.8 Å². The van der Waals surface area contributed by atoms with Crippen LogP contribution >= 0.6 is 11.8 Å². The third kappa shape index (κ3) is 4.53. The molecule has 5 heteroatoms. The Morgan fingerprint density at radius 1 is 1.33 bits per heavy atom. The van der Waals surface area contributed by atoms with E-state index in [1.165, 1.54) is 4.90 Å². The topological polar surface area (TPSA) is 50.7 Å². The minimum absolute atomic E-state index is 0.134. The molecule has 0 bridgehead atoms. The standard InChI is InChI=1S/C16H25NO3S/c1-12(10-16(2,11-18)17-3)21-13-5-6-14-15(9-13)20-8-4-7-19-14/h5-6,9,12,17-18H,4,7-8,10-11H2,1-3H3. The first-order valence-electron chi connectivity index (χ1n) is 7.42. The molecule has 2 atom stereocenters. The van der Waals surface area contributed by atoms with Gasteiger partial charge in [-0.1, -0.05) is 6.92 Å². The van der Waals surface area contributed by atoms with E-state index < -0.39 is 0 Å². The van der Waals surface area contributed by atoms with Gasteiger partial charge < -0.3 is 19.9 Å². The summed E-state index contributed by atoms with van der Waals surface area (Å²) in [6.45, 7) is 5.78. The van der Waals surface area contributed by atoms with Gasteiger partial charge >= 0.3 is 0 Å². The predicted octanol–water partition coefficient (Wildman–Crippen LogP) is 2.69. The van der Waals surface area contributed by atoms with Crippen LogP contribution in [-0.4, -0.2) is 42.8 Å². The highest BCUT2D eigenvalue weighted by molar-refractivity contribution is 8.00. The van der Waals surface area contributed by atoms with Crippen LogP contribution < -0.4 is 14.8 Å². The Kier molecular flexibility index (Phi) is 5.79. The smallest absolute Gasteiger partial charge is 0.162 e. The number of hydrogen-bond acceptors (Lipinski definition) is 5. The zero-order valence-electron chi connectivity index (χ0n) is 13.0. The Labute approximate surface area is 131 Å². The van der Waals surface area contributed by atoms with Crippen LogP contribution in [0, 0.1) is 0 Å². The summed E-state index contributed by atoms with van der Waals surface area (Å²) in [5.41, 5.74) is -0.238. The number of ether oxygens (including phenoxy) is 2. The van der Waals surface area contributed by atoms with E-state index in [9.17, 15) is 5.11 Å². The monoisotopic (exact) mass is 311 g/mol. The summed E-state index contributed by atoms with van der Waals surface area (Å²) in [4.78, 5) is 1.17. The van der Waals surface area contributed by atoms with Gasteiger partial charge in [0.2, 0.25) is 0 Å². The highest BCUT2D eigenvalue weighted by Crippen LogP contribution is 2.36. The van der Waals surface area contributed by atoms with E-state index in [-0.39, 0.29) is 12.1 Å². The number of rotatable bonds is 6. The molecule has 0 radical (unpaired) electrons. The Morgan fingerprint density at radius 2 is 2.05 bits per heavy atom. The molecule has 0 aliphatic carbocycles. The molecule has 4 nitrogen and oxygen atoms in total. The number of aliphatic hydroxyl groups excluding tert-OH is 1. The first-order valence-corrected chi connectivity index (χ1v) is 8.30. The maximum Gasteiger partial charge on any atom is 0.162 e. The molecule has 0 aromatic heterocycles. The van der Waals surface area contributed by atoms with Gasteiger partial charge in [-0.2, -0.15) is 0 Å². The van der Waals surface area contributed by atoms with Gasteiger partial charge in [-0.25, -0.2) is 0 Å². The van der Waals surface area contributed by atoms with Crippen molar-refractivity contribution in [3.8, 4) is 11.5 Å². The lowest BCUT2D eigenvalue weighted by Gasteiger charge is -2.29. The van der Waals surface area contributed by atoms with Crippen LogP contribution in [-0.2, 0) is 0 Å². The Hall–Kier alpha value is -0.910. The molecule has 0 amide bonds. The van der Waals surface area contributed by atoms with Gasteiger partial charge in [0, 0.05) is 22.1 Å². The molecule has 1 aromatic carbocycles. The molecule has 0 saturated heterocycles. The molecule has 2 unspecified atom stereocenters. The number of likely N-dealkylation sites (N-methyl/N-ethyl adjacent to an activating group) is 1. The number of thioether (sulfide) groups is 1. The number of nitrogens with one attached hydrogen (secondary N) is 1. The van der Waals surface area contributed by atoms with E-state index in [0.29, 0.717) is 18.5 Å². The van der Waals surface area contributed by atoms with Gasteiger partial charge in [0.1, 0.15) is 0 Å². The van der Waals surface area contributed by atoms with E-state index in [1.807, 2.05) is 20.0 Å². The molecule has 1 heterocycles. The number of fused-ring (bicyclic) bond motifs is 1. The summed E-state index contributed by atoms with van der Waals surface area (Å²) in [5.74, 6) is 1.67. The van der Waals surface area contributed by atoms with Crippen molar-refractivity contribution in [3.05, 3.63) is 18.2 Å². The third-order valence-electron chi connectivity index (χ3n) is 3.75. The molecule has 2 rings (SSSR count). The summed E-state index contributed by atoms with van der Waals surface area (Å²) >= 11 is 1.79. The lowest BCUT2D eigenvalue weighted by atomic mass is 9.97. The van der Waals surface area contributed by atoms with E-state index in [4.69, 9.17) is 9.47 Å². The van der Waals surface area contributed by atoms with Crippen molar-refractivity contribution in [2.75, 3.05) is 26.9 Å². The first kappa shape index (κ1) is 16.5. The van der Waals surface area contributed by atoms with Gasteiger partial charge in [0.15, 0.2) is 11.5 Å². The zero-order chi connectivity index (χ0) is 15.3. The average molecular weight is 311 g/mol. The van der Waals surface area contributed by atoms with E-state index >= 15 is 0 Å². The summed E-state index contributed by atoms with van der Waals surface area (Å²) in [5, 5.41) is 13.1. The van der Waals surface area contributed by atoms with Gasteiger partial charge in [-0.3, -0.25) is 0 Å². The highest BCUT2D eigenvalue weighted by Gasteiger charge is 2.24. The second-order valence-electron chi connectivity index (χ2n) is 5.76. The van der Waals surface area contributed by atoms with Gasteiger partial charge in [0.25, 0.3) is 0 Å². The van der Waals surface area contributed by atoms with Gasteiger partial charge in [-0.05, 0) is 38.6 Å². The van der Waals surface area contributed by atoms with Crippen LogP contribution in [0.15, 0.2) is 23.1 Å². The van der Waals surface area contributed by atoms with Crippen LogP contribution in [0.1, 0.15) is 26.7 Å². The van der Waals surface area contributed by atoms with Crippen molar-refractivity contribution >= 4 is 11.8 Å². The fourth-order valence-electron chi connectivity index (χ4n) is 2.37. The molecule has 0 saturated carbocycles. The fraction of sp³-hybridized carbons (Fsp3) is 0.625. The van der Waals surface area contributed by atoms with Crippen molar-refractivity contribution in [2.24, 2.45) is 0 Å².